The Morgan fingerprint density at radius 1 is 0.805 bits per heavy atom. The van der Waals surface area contributed by atoms with Crippen molar-refractivity contribution in [2.75, 3.05) is 27.4 Å². The molecule has 398 valence electrons. The van der Waals surface area contributed by atoms with Crippen LogP contribution in [0.25, 0.3) is 33.4 Å². The highest BCUT2D eigenvalue weighted by atomic mass is 16.5. The van der Waals surface area contributed by atoms with Gasteiger partial charge in [0.25, 0.3) is 5.91 Å². The van der Waals surface area contributed by atoms with Crippen molar-refractivity contribution in [2.24, 2.45) is 5.92 Å². The van der Waals surface area contributed by atoms with Crippen molar-refractivity contribution in [2.45, 2.75) is 96.7 Å². The number of amides is 2. The zero-order valence-electron chi connectivity index (χ0n) is 44.1. The highest BCUT2D eigenvalue weighted by Crippen LogP contribution is 2.45. The second-order valence-corrected chi connectivity index (χ2v) is 20.1. The number of carboxylic acids is 1. The quantitative estimate of drug-likeness (QED) is 0.0419. The minimum Gasteiger partial charge on any atom is -0.507 e. The Hall–Kier alpha value is -8.39. The number of benzene rings is 6. The molecular weight excluding hydrogens is 977 g/mol. The third kappa shape index (κ3) is 11.7. The average Bonchev–Trinajstić information content (AvgIpc) is 3.50. The molecule has 5 aromatic carbocycles. The van der Waals surface area contributed by atoms with E-state index in [1.165, 1.54) is 29.8 Å². The summed E-state index contributed by atoms with van der Waals surface area (Å²) >= 11 is 0. The number of esters is 1. The molecule has 0 spiro atoms. The fraction of sp³-hybridized carbons (Fsp3) is 0.317. The summed E-state index contributed by atoms with van der Waals surface area (Å²) in [5.41, 5.74) is 7.12. The van der Waals surface area contributed by atoms with E-state index in [-0.39, 0.29) is 52.0 Å². The molecule has 2 aliphatic carbocycles. The van der Waals surface area contributed by atoms with E-state index in [1.807, 2.05) is 25.1 Å². The highest BCUT2D eigenvalue weighted by molar-refractivity contribution is 6.08. The molecule has 3 N–H and O–H groups in total. The molecule has 0 saturated carbocycles. The number of nitrogens with one attached hydrogen (secondary N) is 1. The largest absolute Gasteiger partial charge is 0.507 e. The van der Waals surface area contributed by atoms with Crippen LogP contribution in [0.15, 0.2) is 131 Å². The monoisotopic (exact) mass is 1040 g/mol. The molecule has 9 rings (SSSR count). The van der Waals surface area contributed by atoms with Crippen LogP contribution in [0.3, 0.4) is 0 Å². The van der Waals surface area contributed by atoms with Gasteiger partial charge in [0.2, 0.25) is 5.91 Å². The second-order valence-electron chi connectivity index (χ2n) is 20.1. The van der Waals surface area contributed by atoms with Gasteiger partial charge < -0.3 is 43.8 Å². The van der Waals surface area contributed by atoms with Crippen LogP contribution >= 0.6 is 0 Å². The molecule has 77 heavy (non-hydrogen) atoms. The molecule has 4 aliphatic rings. The van der Waals surface area contributed by atoms with Gasteiger partial charge in [-0.25, -0.2) is 9.59 Å². The number of aromatic carboxylic acids is 1. The molecular formula is C63H64N2O12. The molecule has 14 nitrogen and oxygen atoms in total. The molecule has 1 unspecified atom stereocenters. The number of carbonyl (C=O) groups excluding carboxylic acids is 3. The number of nitrogens with zero attached hydrogens (tertiary/aromatic N) is 1. The van der Waals surface area contributed by atoms with E-state index in [2.05, 4.69) is 49.5 Å². The number of rotatable bonds is 18. The fourth-order valence-electron chi connectivity index (χ4n) is 11.0. The van der Waals surface area contributed by atoms with Gasteiger partial charge in [0.15, 0.2) is 23.5 Å². The number of ether oxygens (including phenoxy) is 4. The van der Waals surface area contributed by atoms with Gasteiger partial charge in [-0.3, -0.25) is 14.4 Å². The molecule has 14 heteroatoms. The molecule has 5 aromatic rings. The standard InChI is InChI=1S/C63H64N2O12/c1-37-21-22-40(30-38(37)2)23-28-53(77-63(72)51-20-11-12-29-65(51)61(69)57(41-14-7-6-8-15-41)43-31-39(3)59(74-5)55(33-43)73-4)42-16-13-17-45(32-42)75-36-56(68)64-35-50-52(67)27-26-49-58(46-18-9-10-19-47(46)62(70)71)48-25-24-44(66)34-54(48)76-60(49)50/h7,9-10,13-14,16-19,21-22,24-27,30-34,41,51,53,57,67H,6,8,11-12,15,20,23,28-29,35-36H2,1-5H3,(H,64,68)(H,70,71)/t41?,51-,53+,57-/m0/s1. The lowest BCUT2D eigenvalue weighted by atomic mass is 9.78. The van der Waals surface area contributed by atoms with Crippen molar-refractivity contribution in [1.29, 1.82) is 0 Å². The third-order valence-corrected chi connectivity index (χ3v) is 15.0. The van der Waals surface area contributed by atoms with Crippen LogP contribution in [0, 0.1) is 26.7 Å². The molecule has 1 fully saturated rings. The molecule has 2 aliphatic heterocycles. The van der Waals surface area contributed by atoms with Crippen molar-refractivity contribution < 1.29 is 52.8 Å². The number of aromatic hydroxyl groups is 1. The van der Waals surface area contributed by atoms with E-state index >= 15 is 4.79 Å². The summed E-state index contributed by atoms with van der Waals surface area (Å²) in [7, 11) is 3.18. The van der Waals surface area contributed by atoms with E-state index < -0.39 is 42.5 Å². The number of piperidine rings is 1. The number of carbonyl (C=O) groups is 4. The second kappa shape index (κ2) is 23.7. The van der Waals surface area contributed by atoms with Crippen LogP contribution in [0.4, 0.5) is 0 Å². The summed E-state index contributed by atoms with van der Waals surface area (Å²) in [5.74, 6) is -1.46. The Labute approximate surface area is 447 Å². The Morgan fingerprint density at radius 2 is 1.64 bits per heavy atom. The van der Waals surface area contributed by atoms with Crippen LogP contribution in [-0.2, 0) is 32.1 Å². The van der Waals surface area contributed by atoms with Gasteiger partial charge in [0.05, 0.1) is 37.8 Å². The molecule has 0 bridgehead atoms. The van der Waals surface area contributed by atoms with Crippen LogP contribution in [-0.4, -0.2) is 72.3 Å². The van der Waals surface area contributed by atoms with Crippen LogP contribution in [0.5, 0.6) is 23.0 Å². The first-order valence-electron chi connectivity index (χ1n) is 26.2. The van der Waals surface area contributed by atoms with Crippen LogP contribution in [0.1, 0.15) is 106 Å². The highest BCUT2D eigenvalue weighted by Gasteiger charge is 2.41. The topological polar surface area (TPSA) is 191 Å². The van der Waals surface area contributed by atoms with Gasteiger partial charge in [0, 0.05) is 29.1 Å². The minimum absolute atomic E-state index is 0.0317. The first-order valence-corrected chi connectivity index (χ1v) is 26.2. The minimum atomic E-state index is -1.15. The van der Waals surface area contributed by atoms with Crippen LogP contribution in [0.2, 0.25) is 0 Å². The maximum absolute atomic E-state index is 15.2. The smallest absolute Gasteiger partial charge is 0.336 e. The van der Waals surface area contributed by atoms with Crippen molar-refractivity contribution in [3.8, 4) is 45.4 Å². The zero-order chi connectivity index (χ0) is 54.3. The lowest BCUT2D eigenvalue weighted by molar-refractivity contribution is -0.163. The summed E-state index contributed by atoms with van der Waals surface area (Å²) in [6.45, 7) is 5.84. The summed E-state index contributed by atoms with van der Waals surface area (Å²) in [5, 5.41) is 24.6. The summed E-state index contributed by atoms with van der Waals surface area (Å²) < 4.78 is 30.3. The van der Waals surface area contributed by atoms with Crippen molar-refractivity contribution in [1.82, 2.24) is 10.2 Å². The molecule has 2 amide bonds. The number of hydrogen-bond acceptors (Lipinski definition) is 11. The lowest BCUT2D eigenvalue weighted by Crippen LogP contribution is -2.51. The average molecular weight is 1040 g/mol. The van der Waals surface area contributed by atoms with Gasteiger partial charge in [0.1, 0.15) is 35.0 Å². The Morgan fingerprint density at radius 3 is 2.40 bits per heavy atom. The molecule has 2 heterocycles. The predicted octanol–water partition coefficient (Wildman–Crippen LogP) is 11.3. The van der Waals surface area contributed by atoms with Crippen molar-refractivity contribution in [3.63, 3.8) is 0 Å². The number of carboxylic acid groups (broad SMARTS) is 1. The number of phenolic OH excluding ortho intramolecular Hbond substituents is 1. The maximum atomic E-state index is 15.2. The Bertz CT molecular complexity index is 3410. The van der Waals surface area contributed by atoms with Gasteiger partial charge in [-0.05, 0) is 166 Å². The first-order chi connectivity index (χ1) is 37.2. The number of fused-ring (bicyclic) bond motifs is 2. The molecule has 0 radical (unpaired) electrons. The van der Waals surface area contributed by atoms with Gasteiger partial charge >= 0.3 is 11.9 Å². The van der Waals surface area contributed by atoms with E-state index in [0.717, 1.165) is 54.4 Å². The lowest BCUT2D eigenvalue weighted by Gasteiger charge is -2.39. The van der Waals surface area contributed by atoms with E-state index in [4.69, 9.17) is 23.4 Å². The number of likely N-dealkylation sites (tertiary alicyclic amines) is 1. The first kappa shape index (κ1) is 53.4. The number of phenols is 1. The third-order valence-electron chi connectivity index (χ3n) is 15.0. The van der Waals surface area contributed by atoms with E-state index in [0.29, 0.717) is 70.7 Å². The maximum Gasteiger partial charge on any atom is 0.336 e. The molecule has 0 aromatic heterocycles. The SMILES string of the molecule is COc1cc([C@@H](C(=O)N2CCCC[C@H]2C(=O)O[C@H](CCc2ccc(C)c(C)c2)c2cccc(OCC(=O)NCc3c(O)ccc4c(-c5ccccc5C(=O)O)c5ccc(=O)cc-5oc34)c2)C2C=CCCC2)cc(C)c1OC. The number of aryl methyl sites for hydroxylation is 4. The summed E-state index contributed by atoms with van der Waals surface area (Å²) in [6.07, 6.45) is 9.21. The fourth-order valence-corrected chi connectivity index (χ4v) is 11.0. The number of allylic oxidation sites excluding steroid dienone is 2. The normalized spacial score (nSPS) is 16.1. The number of hydrogen-bond donors (Lipinski definition) is 3. The zero-order valence-corrected chi connectivity index (χ0v) is 44.1. The predicted molar refractivity (Wildman–Crippen MR) is 293 cm³/mol. The van der Waals surface area contributed by atoms with Gasteiger partial charge in [-0.15, -0.1) is 0 Å². The summed E-state index contributed by atoms with van der Waals surface area (Å²) in [6, 6.07) is 30.2. The van der Waals surface area contributed by atoms with Gasteiger partial charge in [-0.1, -0.05) is 66.7 Å². The molecule has 4 atom stereocenters. The Kier molecular flexibility index (Phi) is 16.4. The van der Waals surface area contributed by atoms with Gasteiger partial charge in [-0.2, -0.15) is 0 Å². The van der Waals surface area contributed by atoms with E-state index in [1.54, 1.807) is 67.7 Å². The van der Waals surface area contributed by atoms with Crippen molar-refractivity contribution in [3.05, 3.63) is 176 Å². The Balaban J connectivity index is 0.952. The van der Waals surface area contributed by atoms with Crippen molar-refractivity contribution >= 4 is 34.7 Å². The molecule has 1 saturated heterocycles. The van der Waals surface area contributed by atoms with E-state index in [9.17, 15) is 29.4 Å². The number of methoxy groups -OCH3 is 2. The van der Waals surface area contributed by atoms with Crippen LogP contribution < -0.4 is 25.0 Å². The summed E-state index contributed by atoms with van der Waals surface area (Å²) in [4.78, 5) is 70.2.